The van der Waals surface area contributed by atoms with Crippen molar-refractivity contribution in [1.29, 1.82) is 0 Å². The highest BCUT2D eigenvalue weighted by atomic mass is 16.6. The second kappa shape index (κ2) is 10.7. The van der Waals surface area contributed by atoms with Crippen LogP contribution in [0, 0.1) is 11.8 Å². The number of amides is 2. The van der Waals surface area contributed by atoms with Crippen LogP contribution < -0.4 is 15.8 Å². The van der Waals surface area contributed by atoms with E-state index < -0.39 is 12.2 Å². The molecule has 1 aromatic rings. The fraction of sp³-hybridized carbons (Fsp3) is 0.684. The minimum Gasteiger partial charge on any atom is -0.449 e. The van der Waals surface area contributed by atoms with Crippen molar-refractivity contribution in [2.45, 2.75) is 47.0 Å². The van der Waals surface area contributed by atoms with Crippen LogP contribution in [-0.2, 0) is 9.47 Å². The summed E-state index contributed by atoms with van der Waals surface area (Å²) in [5.74, 6) is 0.829. The lowest BCUT2D eigenvalue weighted by Gasteiger charge is -2.28. The van der Waals surface area contributed by atoms with Gasteiger partial charge in [-0.15, -0.1) is 9.72 Å². The number of anilines is 2. The Morgan fingerprint density at radius 1 is 1.14 bits per heavy atom. The van der Waals surface area contributed by atoms with Gasteiger partial charge in [-0.05, 0) is 31.1 Å². The molecule has 0 spiro atoms. The summed E-state index contributed by atoms with van der Waals surface area (Å²) in [6, 6.07) is 1.53. The van der Waals surface area contributed by atoms with Crippen molar-refractivity contribution in [3.05, 3.63) is 11.7 Å². The number of carbonyl (C=O) groups excluding carboxylic acids is 2. The maximum atomic E-state index is 12.1. The minimum absolute atomic E-state index is 0.00439. The summed E-state index contributed by atoms with van der Waals surface area (Å²) < 4.78 is 10.7. The Kier molecular flexibility index (Phi) is 8.29. The van der Waals surface area contributed by atoms with Gasteiger partial charge in [0.05, 0.1) is 13.2 Å². The fourth-order valence-corrected chi connectivity index (χ4v) is 2.65. The molecule has 0 aromatic carbocycles. The molecule has 2 rings (SSSR count). The van der Waals surface area contributed by atoms with E-state index in [0.717, 1.165) is 32.4 Å². The van der Waals surface area contributed by atoms with Gasteiger partial charge in [0.1, 0.15) is 5.82 Å². The average molecular weight is 409 g/mol. The molecule has 162 valence electrons. The fourth-order valence-electron chi connectivity index (χ4n) is 2.65. The van der Waals surface area contributed by atoms with E-state index in [1.807, 2.05) is 32.6 Å². The van der Waals surface area contributed by atoms with Crippen LogP contribution in [0.15, 0.2) is 11.1 Å². The van der Waals surface area contributed by atoms with Gasteiger partial charge in [-0.1, -0.05) is 27.7 Å². The molecule has 1 fully saturated rings. The molecular formula is C19H31N5O5. The summed E-state index contributed by atoms with van der Waals surface area (Å²) >= 11 is 0. The zero-order valence-electron chi connectivity index (χ0n) is 17.6. The number of aromatic nitrogens is 2. The maximum Gasteiger partial charge on any atom is 0.437 e. The van der Waals surface area contributed by atoms with Gasteiger partial charge < -0.3 is 19.6 Å². The van der Waals surface area contributed by atoms with E-state index >= 15 is 0 Å². The summed E-state index contributed by atoms with van der Waals surface area (Å²) in [7, 11) is 0. The monoisotopic (exact) mass is 409 g/mol. The maximum absolute atomic E-state index is 12.1. The van der Waals surface area contributed by atoms with E-state index in [4.69, 9.17) is 9.47 Å². The molecule has 10 heteroatoms. The van der Waals surface area contributed by atoms with Gasteiger partial charge in [-0.25, -0.2) is 9.59 Å². The van der Waals surface area contributed by atoms with Crippen molar-refractivity contribution in [2.75, 3.05) is 36.5 Å². The van der Waals surface area contributed by atoms with Gasteiger partial charge in [0, 0.05) is 19.2 Å². The Balaban J connectivity index is 2.32. The molecule has 1 aromatic heterocycles. The topological polar surface area (TPSA) is 118 Å². The highest BCUT2D eigenvalue weighted by Crippen LogP contribution is 2.19. The van der Waals surface area contributed by atoms with Crippen LogP contribution in [0.2, 0.25) is 0 Å². The van der Waals surface area contributed by atoms with E-state index in [1.54, 1.807) is 0 Å². The summed E-state index contributed by atoms with van der Waals surface area (Å²) in [4.78, 5) is 34.1. The molecule has 10 nitrogen and oxygen atoms in total. The van der Waals surface area contributed by atoms with Crippen molar-refractivity contribution in [2.24, 2.45) is 16.8 Å². The van der Waals surface area contributed by atoms with Gasteiger partial charge >= 0.3 is 12.2 Å². The molecule has 29 heavy (non-hydrogen) atoms. The van der Waals surface area contributed by atoms with Crippen LogP contribution in [-0.4, -0.2) is 53.4 Å². The normalized spacial score (nSPS) is 15.0. The molecule has 0 bridgehead atoms. The first-order valence-corrected chi connectivity index (χ1v) is 9.99. The molecule has 0 unspecified atom stereocenters. The molecule has 2 N–H and O–H groups in total. The van der Waals surface area contributed by atoms with Crippen LogP contribution in [0.4, 0.5) is 21.2 Å². The molecule has 0 atom stereocenters. The first kappa shape index (κ1) is 22.5. The Bertz CT molecular complexity index is 769. The molecule has 1 aliphatic rings. The standard InChI is InChI=1S/C19H31N5O5/c1-13(2)11-28-18(25)21-16-10-15(23-8-6-5-7-9-23)20-17(24(16)27)22-19(26)29-12-14(3)4/h10,13-14,27H,5-9,11-12H2,1-4H3,(H,21,25)/b22-17+. The van der Waals surface area contributed by atoms with Gasteiger partial charge in [-0.2, -0.15) is 4.98 Å². The van der Waals surface area contributed by atoms with Crippen LogP contribution in [0.25, 0.3) is 0 Å². The zero-order valence-corrected chi connectivity index (χ0v) is 17.6. The second-order valence-corrected chi connectivity index (χ2v) is 7.86. The van der Waals surface area contributed by atoms with Crippen LogP contribution in [0.1, 0.15) is 47.0 Å². The van der Waals surface area contributed by atoms with Crippen LogP contribution in [0.3, 0.4) is 0 Å². The summed E-state index contributed by atoms with van der Waals surface area (Å²) in [6.07, 6.45) is 1.58. The lowest BCUT2D eigenvalue weighted by atomic mass is 10.1. The second-order valence-electron chi connectivity index (χ2n) is 7.86. The summed E-state index contributed by atoms with van der Waals surface area (Å²) in [5.41, 5.74) is -0.277. The summed E-state index contributed by atoms with van der Waals surface area (Å²) in [6.45, 7) is 9.65. The highest BCUT2D eigenvalue weighted by Gasteiger charge is 2.18. The van der Waals surface area contributed by atoms with Crippen molar-refractivity contribution in [3.63, 3.8) is 0 Å². The molecule has 0 saturated carbocycles. The lowest BCUT2D eigenvalue weighted by molar-refractivity contribution is 0.136. The smallest absolute Gasteiger partial charge is 0.437 e. The number of carbonyl (C=O) groups is 2. The molecule has 2 heterocycles. The minimum atomic E-state index is -0.863. The van der Waals surface area contributed by atoms with Gasteiger partial charge in [0.2, 0.25) is 0 Å². The van der Waals surface area contributed by atoms with E-state index in [2.05, 4.69) is 15.3 Å². The van der Waals surface area contributed by atoms with Gasteiger partial charge in [0.15, 0.2) is 5.82 Å². The molecule has 1 saturated heterocycles. The predicted octanol–water partition coefficient (Wildman–Crippen LogP) is 3.01. The molecule has 2 amide bonds. The third-order valence-corrected chi connectivity index (χ3v) is 4.09. The first-order valence-electron chi connectivity index (χ1n) is 9.99. The Morgan fingerprint density at radius 3 is 2.38 bits per heavy atom. The van der Waals surface area contributed by atoms with E-state index in [0.29, 0.717) is 10.5 Å². The van der Waals surface area contributed by atoms with Crippen molar-refractivity contribution < 1.29 is 24.3 Å². The number of ether oxygens (including phenoxy) is 2. The van der Waals surface area contributed by atoms with Crippen LogP contribution >= 0.6 is 0 Å². The SMILES string of the molecule is CC(C)COC(=O)/N=c1\nc(N2CCCCC2)cc(NC(=O)OCC(C)C)n1O. The van der Waals surface area contributed by atoms with E-state index in [-0.39, 0.29) is 36.5 Å². The van der Waals surface area contributed by atoms with E-state index in [1.165, 1.54) is 6.07 Å². The number of nitrogens with one attached hydrogen (secondary N) is 1. The van der Waals surface area contributed by atoms with Crippen molar-refractivity contribution in [3.8, 4) is 0 Å². The number of hydrogen-bond acceptors (Lipinski definition) is 7. The number of nitrogens with zero attached hydrogens (tertiary/aromatic N) is 4. The number of hydrogen-bond donors (Lipinski definition) is 2. The Morgan fingerprint density at radius 2 is 1.76 bits per heavy atom. The predicted molar refractivity (Wildman–Crippen MR) is 107 cm³/mol. The highest BCUT2D eigenvalue weighted by molar-refractivity contribution is 5.83. The van der Waals surface area contributed by atoms with Gasteiger partial charge in [-0.3, -0.25) is 5.32 Å². The third-order valence-electron chi connectivity index (χ3n) is 4.09. The zero-order chi connectivity index (χ0) is 21.4. The van der Waals surface area contributed by atoms with Crippen LogP contribution in [0.5, 0.6) is 0 Å². The summed E-state index contributed by atoms with van der Waals surface area (Å²) in [5, 5.41) is 12.9. The Labute approximate surface area is 170 Å². The largest absolute Gasteiger partial charge is 0.449 e. The molecular weight excluding hydrogens is 378 g/mol. The molecule has 0 radical (unpaired) electrons. The number of rotatable bonds is 6. The van der Waals surface area contributed by atoms with E-state index in [9.17, 15) is 14.8 Å². The Hall–Kier alpha value is -2.78. The molecule has 0 aliphatic carbocycles. The average Bonchev–Trinajstić information content (AvgIpc) is 2.68. The first-order chi connectivity index (χ1) is 13.8. The lowest BCUT2D eigenvalue weighted by Crippen LogP contribution is -2.35. The number of piperidine rings is 1. The third kappa shape index (κ3) is 7.28. The van der Waals surface area contributed by atoms with Gasteiger partial charge in [0.25, 0.3) is 5.62 Å². The van der Waals surface area contributed by atoms with Crippen molar-refractivity contribution >= 4 is 23.8 Å². The quantitative estimate of drug-likeness (QED) is 0.693. The molecule has 1 aliphatic heterocycles. The van der Waals surface area contributed by atoms with Crippen molar-refractivity contribution in [1.82, 2.24) is 9.71 Å².